The summed E-state index contributed by atoms with van der Waals surface area (Å²) in [4.78, 5) is 24.1. The summed E-state index contributed by atoms with van der Waals surface area (Å²) in [5.74, 6) is 1.05. The Balaban J connectivity index is 1.86. The van der Waals surface area contributed by atoms with Crippen LogP contribution in [-0.4, -0.2) is 11.7 Å². The van der Waals surface area contributed by atoms with Crippen LogP contribution in [0.2, 0.25) is 0 Å². The molecular weight excluding hydrogens is 250 g/mol. The molecule has 20 heavy (non-hydrogen) atoms. The van der Waals surface area contributed by atoms with Gasteiger partial charge in [-0.15, -0.1) is 0 Å². The Bertz CT molecular complexity index is 550. The van der Waals surface area contributed by atoms with E-state index in [1.54, 1.807) is 0 Å². The number of anilines is 1. The van der Waals surface area contributed by atoms with Crippen molar-refractivity contribution in [3.05, 3.63) is 29.3 Å². The first kappa shape index (κ1) is 13.3. The Morgan fingerprint density at radius 1 is 1.20 bits per heavy atom. The monoisotopic (exact) mass is 271 g/mol. The number of hydrogen-bond acceptors (Lipinski definition) is 2. The number of fused-ring (bicyclic) bond motifs is 1. The van der Waals surface area contributed by atoms with Gasteiger partial charge in [0.2, 0.25) is 5.91 Å². The molecule has 1 saturated carbocycles. The summed E-state index contributed by atoms with van der Waals surface area (Å²) in [6, 6.07) is 5.76. The minimum atomic E-state index is 0.0761. The SMILES string of the molecule is CC1CCCC1C(=O)c1ccc2c(c1)CCCC(=O)N2. The molecule has 3 nitrogen and oxygen atoms in total. The predicted octanol–water partition coefficient (Wildman–Crippen LogP) is 3.58. The van der Waals surface area contributed by atoms with Crippen molar-refractivity contribution in [2.24, 2.45) is 11.8 Å². The van der Waals surface area contributed by atoms with Gasteiger partial charge in [-0.3, -0.25) is 9.59 Å². The van der Waals surface area contributed by atoms with E-state index in [-0.39, 0.29) is 17.6 Å². The van der Waals surface area contributed by atoms with Gasteiger partial charge in [-0.05, 0) is 55.4 Å². The third kappa shape index (κ3) is 2.49. The van der Waals surface area contributed by atoms with Crippen LogP contribution in [0, 0.1) is 11.8 Å². The van der Waals surface area contributed by atoms with Crippen LogP contribution < -0.4 is 5.32 Å². The molecule has 1 amide bonds. The summed E-state index contributed by atoms with van der Waals surface area (Å²) in [6.45, 7) is 2.18. The first-order valence-corrected chi connectivity index (χ1v) is 7.62. The van der Waals surface area contributed by atoms with Crippen molar-refractivity contribution in [2.75, 3.05) is 5.32 Å². The summed E-state index contributed by atoms with van der Waals surface area (Å²) < 4.78 is 0. The Morgan fingerprint density at radius 2 is 2.05 bits per heavy atom. The molecule has 1 aliphatic carbocycles. The molecule has 2 aliphatic rings. The third-order valence-electron chi connectivity index (χ3n) is 4.71. The molecule has 0 saturated heterocycles. The van der Waals surface area contributed by atoms with Crippen molar-refractivity contribution < 1.29 is 9.59 Å². The number of carbonyl (C=O) groups is 2. The molecule has 1 fully saturated rings. The van der Waals surface area contributed by atoms with Crippen LogP contribution in [0.3, 0.4) is 0 Å². The molecule has 106 valence electrons. The van der Waals surface area contributed by atoms with Crippen LogP contribution in [0.15, 0.2) is 18.2 Å². The molecule has 0 bridgehead atoms. The molecule has 0 spiro atoms. The lowest BCUT2D eigenvalue weighted by atomic mass is 9.88. The summed E-state index contributed by atoms with van der Waals surface area (Å²) in [6.07, 6.45) is 5.65. The topological polar surface area (TPSA) is 46.2 Å². The van der Waals surface area contributed by atoms with Crippen molar-refractivity contribution >= 4 is 17.4 Å². The van der Waals surface area contributed by atoms with E-state index in [0.29, 0.717) is 12.3 Å². The van der Waals surface area contributed by atoms with E-state index in [0.717, 1.165) is 42.5 Å². The molecule has 3 heteroatoms. The number of rotatable bonds is 2. The van der Waals surface area contributed by atoms with Gasteiger partial charge in [0.15, 0.2) is 5.78 Å². The fourth-order valence-electron chi connectivity index (χ4n) is 3.48. The normalized spacial score (nSPS) is 25.8. The van der Waals surface area contributed by atoms with E-state index in [1.807, 2.05) is 18.2 Å². The smallest absolute Gasteiger partial charge is 0.224 e. The van der Waals surface area contributed by atoms with E-state index < -0.39 is 0 Å². The zero-order chi connectivity index (χ0) is 14.1. The van der Waals surface area contributed by atoms with Crippen LogP contribution in [0.1, 0.15) is 54.9 Å². The van der Waals surface area contributed by atoms with Crippen LogP contribution >= 0.6 is 0 Å². The van der Waals surface area contributed by atoms with E-state index >= 15 is 0 Å². The maximum atomic E-state index is 12.6. The lowest BCUT2D eigenvalue weighted by molar-refractivity contribution is -0.116. The van der Waals surface area contributed by atoms with Crippen molar-refractivity contribution in [3.63, 3.8) is 0 Å². The van der Waals surface area contributed by atoms with Crippen molar-refractivity contribution in [1.29, 1.82) is 0 Å². The highest BCUT2D eigenvalue weighted by Crippen LogP contribution is 2.34. The summed E-state index contributed by atoms with van der Waals surface area (Å²) in [7, 11) is 0. The first-order chi connectivity index (χ1) is 9.65. The molecule has 0 aromatic heterocycles. The van der Waals surface area contributed by atoms with Gasteiger partial charge in [-0.2, -0.15) is 0 Å². The van der Waals surface area contributed by atoms with E-state index in [4.69, 9.17) is 0 Å². The van der Waals surface area contributed by atoms with Crippen molar-refractivity contribution in [2.45, 2.75) is 45.4 Å². The van der Waals surface area contributed by atoms with Gasteiger partial charge in [0.1, 0.15) is 0 Å². The van der Waals surface area contributed by atoms with Gasteiger partial charge in [0.25, 0.3) is 0 Å². The van der Waals surface area contributed by atoms with Gasteiger partial charge < -0.3 is 5.32 Å². The number of ketones is 1. The van der Waals surface area contributed by atoms with E-state index in [9.17, 15) is 9.59 Å². The first-order valence-electron chi connectivity index (χ1n) is 7.62. The fraction of sp³-hybridized carbons (Fsp3) is 0.529. The van der Waals surface area contributed by atoms with Crippen molar-refractivity contribution in [1.82, 2.24) is 0 Å². The molecule has 1 aliphatic heterocycles. The highest BCUT2D eigenvalue weighted by atomic mass is 16.1. The van der Waals surface area contributed by atoms with Gasteiger partial charge in [0.05, 0.1) is 0 Å². The zero-order valence-corrected chi connectivity index (χ0v) is 11.9. The molecule has 1 aromatic carbocycles. The second-order valence-corrected chi connectivity index (χ2v) is 6.15. The van der Waals surface area contributed by atoms with Gasteiger partial charge in [0, 0.05) is 23.6 Å². The zero-order valence-electron chi connectivity index (χ0n) is 11.9. The quantitative estimate of drug-likeness (QED) is 0.836. The maximum absolute atomic E-state index is 12.6. The van der Waals surface area contributed by atoms with Crippen LogP contribution in [0.4, 0.5) is 5.69 Å². The number of carbonyl (C=O) groups excluding carboxylic acids is 2. The minimum Gasteiger partial charge on any atom is -0.326 e. The Morgan fingerprint density at radius 3 is 2.80 bits per heavy atom. The molecule has 3 rings (SSSR count). The standard InChI is InChI=1S/C17H21NO2/c1-11-4-2-6-14(11)17(20)13-8-9-15-12(10-13)5-3-7-16(19)18-15/h8-11,14H,2-7H2,1H3,(H,18,19). The Labute approximate surface area is 119 Å². The van der Waals surface area contributed by atoms with Gasteiger partial charge in [-0.25, -0.2) is 0 Å². The molecule has 0 radical (unpaired) electrons. The van der Waals surface area contributed by atoms with E-state index in [2.05, 4.69) is 12.2 Å². The largest absolute Gasteiger partial charge is 0.326 e. The molecule has 1 N–H and O–H groups in total. The van der Waals surface area contributed by atoms with Crippen molar-refractivity contribution in [3.8, 4) is 0 Å². The lowest BCUT2D eigenvalue weighted by Gasteiger charge is -2.15. The minimum absolute atomic E-state index is 0.0761. The Hall–Kier alpha value is -1.64. The number of benzene rings is 1. The van der Waals surface area contributed by atoms with Crippen LogP contribution in [0.25, 0.3) is 0 Å². The number of hydrogen-bond donors (Lipinski definition) is 1. The molecular formula is C17H21NO2. The maximum Gasteiger partial charge on any atom is 0.224 e. The molecule has 1 heterocycles. The van der Waals surface area contributed by atoms with E-state index in [1.165, 1.54) is 6.42 Å². The van der Waals surface area contributed by atoms with Crippen LogP contribution in [-0.2, 0) is 11.2 Å². The van der Waals surface area contributed by atoms with Gasteiger partial charge in [-0.1, -0.05) is 13.3 Å². The second-order valence-electron chi connectivity index (χ2n) is 6.15. The number of amides is 1. The fourth-order valence-corrected chi connectivity index (χ4v) is 3.48. The molecule has 2 unspecified atom stereocenters. The number of nitrogens with one attached hydrogen (secondary N) is 1. The molecule has 1 aromatic rings. The third-order valence-corrected chi connectivity index (χ3v) is 4.71. The lowest BCUT2D eigenvalue weighted by Crippen LogP contribution is -2.17. The van der Waals surface area contributed by atoms with Crippen LogP contribution in [0.5, 0.6) is 0 Å². The summed E-state index contributed by atoms with van der Waals surface area (Å²) in [5, 5.41) is 2.92. The highest BCUT2D eigenvalue weighted by molar-refractivity contribution is 5.99. The average molecular weight is 271 g/mol. The molecule has 2 atom stereocenters. The number of aryl methyl sites for hydroxylation is 1. The van der Waals surface area contributed by atoms with Gasteiger partial charge >= 0.3 is 0 Å². The number of Topliss-reactive ketones (excluding diaryl/α,β-unsaturated/α-hetero) is 1. The highest BCUT2D eigenvalue weighted by Gasteiger charge is 2.30. The predicted molar refractivity (Wildman–Crippen MR) is 78.8 cm³/mol. The second kappa shape index (κ2) is 5.39. The average Bonchev–Trinajstić information content (AvgIpc) is 2.76. The summed E-state index contributed by atoms with van der Waals surface area (Å²) >= 11 is 0. The Kier molecular flexibility index (Phi) is 3.60. The summed E-state index contributed by atoms with van der Waals surface area (Å²) in [5.41, 5.74) is 2.80.